The molecule has 88 valence electrons. The van der Waals surface area contributed by atoms with E-state index < -0.39 is 0 Å². The molecular weight excluding hydrogens is 204 g/mol. The van der Waals surface area contributed by atoms with Gasteiger partial charge in [-0.05, 0) is 25.5 Å². The van der Waals surface area contributed by atoms with E-state index in [9.17, 15) is 4.79 Å². The molecule has 0 bridgehead atoms. The van der Waals surface area contributed by atoms with Gasteiger partial charge in [-0.25, -0.2) is 4.79 Å². The zero-order valence-corrected chi connectivity index (χ0v) is 9.81. The van der Waals surface area contributed by atoms with Crippen molar-refractivity contribution in [3.8, 4) is 0 Å². The molecule has 0 amide bonds. The topological polar surface area (TPSA) is 35.5 Å². The van der Waals surface area contributed by atoms with Crippen molar-refractivity contribution in [1.82, 2.24) is 0 Å². The van der Waals surface area contributed by atoms with Crippen LogP contribution in [-0.4, -0.2) is 25.3 Å². The summed E-state index contributed by atoms with van der Waals surface area (Å²) in [6.07, 6.45) is 0.921. The molecule has 0 aromatic heterocycles. The van der Waals surface area contributed by atoms with Crippen LogP contribution in [0.1, 0.15) is 30.6 Å². The number of hydrogen-bond acceptors (Lipinski definition) is 3. The molecule has 1 atom stereocenters. The number of hydrogen-bond donors (Lipinski definition) is 0. The van der Waals surface area contributed by atoms with Gasteiger partial charge in [0.05, 0.1) is 11.7 Å². The summed E-state index contributed by atoms with van der Waals surface area (Å²) in [6.45, 7) is 4.94. The standard InChI is InChI=1S/C13H18O3/c1-3-9-15-11(2)10-16-13(14)12-7-5-4-6-8-12/h4-8,11H,3,9-10H2,1-2H3. The number of esters is 1. The Labute approximate surface area is 96.4 Å². The van der Waals surface area contributed by atoms with E-state index in [1.807, 2.05) is 32.0 Å². The molecule has 1 rings (SSSR count). The van der Waals surface area contributed by atoms with Crippen LogP contribution in [-0.2, 0) is 9.47 Å². The molecule has 0 aliphatic carbocycles. The van der Waals surface area contributed by atoms with Gasteiger partial charge in [-0.2, -0.15) is 0 Å². The maximum absolute atomic E-state index is 11.5. The SMILES string of the molecule is CCCOC(C)COC(=O)c1ccccc1. The molecule has 1 aromatic rings. The third-order valence-corrected chi connectivity index (χ3v) is 2.07. The number of carbonyl (C=O) groups excluding carboxylic acids is 1. The summed E-state index contributed by atoms with van der Waals surface area (Å²) >= 11 is 0. The molecule has 0 aliphatic rings. The molecule has 0 N–H and O–H groups in total. The fourth-order valence-electron chi connectivity index (χ4n) is 1.22. The molecule has 0 saturated carbocycles. The van der Waals surface area contributed by atoms with Gasteiger partial charge in [-0.3, -0.25) is 0 Å². The van der Waals surface area contributed by atoms with Gasteiger partial charge >= 0.3 is 5.97 Å². The summed E-state index contributed by atoms with van der Waals surface area (Å²) in [5.41, 5.74) is 0.574. The van der Waals surface area contributed by atoms with E-state index in [1.165, 1.54) is 0 Å². The van der Waals surface area contributed by atoms with E-state index in [2.05, 4.69) is 0 Å². The zero-order valence-electron chi connectivity index (χ0n) is 9.81. The van der Waals surface area contributed by atoms with Gasteiger partial charge in [0.1, 0.15) is 6.61 Å². The lowest BCUT2D eigenvalue weighted by molar-refractivity contribution is -0.000136. The first-order chi connectivity index (χ1) is 7.74. The molecule has 0 aliphatic heterocycles. The smallest absolute Gasteiger partial charge is 0.338 e. The largest absolute Gasteiger partial charge is 0.459 e. The monoisotopic (exact) mass is 222 g/mol. The Kier molecular flexibility index (Phi) is 5.57. The van der Waals surface area contributed by atoms with E-state index in [1.54, 1.807) is 12.1 Å². The highest BCUT2D eigenvalue weighted by atomic mass is 16.6. The van der Waals surface area contributed by atoms with Crippen LogP contribution in [0.5, 0.6) is 0 Å². The number of ether oxygens (including phenoxy) is 2. The van der Waals surface area contributed by atoms with Gasteiger partial charge in [0.25, 0.3) is 0 Å². The molecule has 0 spiro atoms. The van der Waals surface area contributed by atoms with Crippen LogP contribution in [0, 0.1) is 0 Å². The molecule has 0 saturated heterocycles. The second-order valence-electron chi connectivity index (χ2n) is 3.65. The third kappa shape index (κ3) is 4.45. The maximum atomic E-state index is 11.5. The normalized spacial score (nSPS) is 12.1. The molecule has 3 nitrogen and oxygen atoms in total. The molecule has 0 heterocycles. The Bertz CT molecular complexity index is 308. The molecule has 3 heteroatoms. The van der Waals surface area contributed by atoms with Crippen LogP contribution in [0.3, 0.4) is 0 Å². The van der Waals surface area contributed by atoms with Crippen LogP contribution >= 0.6 is 0 Å². The van der Waals surface area contributed by atoms with Crippen LogP contribution < -0.4 is 0 Å². The molecule has 1 unspecified atom stereocenters. The van der Waals surface area contributed by atoms with E-state index in [-0.39, 0.29) is 12.1 Å². The lowest BCUT2D eigenvalue weighted by Gasteiger charge is -2.12. The number of rotatable bonds is 6. The van der Waals surface area contributed by atoms with Crippen LogP contribution in [0.25, 0.3) is 0 Å². The Hall–Kier alpha value is -1.35. The minimum absolute atomic E-state index is 0.0485. The second-order valence-corrected chi connectivity index (χ2v) is 3.65. The Balaban J connectivity index is 2.30. The fourth-order valence-corrected chi connectivity index (χ4v) is 1.22. The van der Waals surface area contributed by atoms with Gasteiger partial charge in [-0.1, -0.05) is 25.1 Å². The lowest BCUT2D eigenvalue weighted by atomic mass is 10.2. The average Bonchev–Trinajstić information content (AvgIpc) is 2.34. The van der Waals surface area contributed by atoms with Gasteiger partial charge in [0.2, 0.25) is 0 Å². The van der Waals surface area contributed by atoms with Crippen molar-refractivity contribution in [3.63, 3.8) is 0 Å². The van der Waals surface area contributed by atoms with Crippen LogP contribution in [0.4, 0.5) is 0 Å². The maximum Gasteiger partial charge on any atom is 0.338 e. The van der Waals surface area contributed by atoms with Crippen molar-refractivity contribution in [2.45, 2.75) is 26.4 Å². The number of carbonyl (C=O) groups is 1. The summed E-state index contributed by atoms with van der Waals surface area (Å²) in [5, 5.41) is 0. The summed E-state index contributed by atoms with van der Waals surface area (Å²) < 4.78 is 10.5. The second kappa shape index (κ2) is 7.01. The summed E-state index contributed by atoms with van der Waals surface area (Å²) in [7, 11) is 0. The van der Waals surface area contributed by atoms with Crippen LogP contribution in [0.15, 0.2) is 30.3 Å². The molecule has 16 heavy (non-hydrogen) atoms. The van der Waals surface area contributed by atoms with Crippen molar-refractivity contribution < 1.29 is 14.3 Å². The van der Waals surface area contributed by atoms with Crippen molar-refractivity contribution >= 4 is 5.97 Å². The van der Waals surface area contributed by atoms with Crippen molar-refractivity contribution in [3.05, 3.63) is 35.9 Å². The van der Waals surface area contributed by atoms with Gasteiger partial charge < -0.3 is 9.47 Å². The Morgan fingerprint density at radius 2 is 2.00 bits per heavy atom. The van der Waals surface area contributed by atoms with Crippen LogP contribution in [0.2, 0.25) is 0 Å². The molecule has 0 fully saturated rings. The summed E-state index contributed by atoms with van der Waals surface area (Å²) in [4.78, 5) is 11.5. The summed E-state index contributed by atoms with van der Waals surface area (Å²) in [6, 6.07) is 8.96. The van der Waals surface area contributed by atoms with E-state index >= 15 is 0 Å². The minimum Gasteiger partial charge on any atom is -0.459 e. The highest BCUT2D eigenvalue weighted by Gasteiger charge is 2.08. The van der Waals surface area contributed by atoms with Gasteiger partial charge in [-0.15, -0.1) is 0 Å². The van der Waals surface area contributed by atoms with E-state index in [0.29, 0.717) is 18.8 Å². The fraction of sp³-hybridized carbons (Fsp3) is 0.462. The molecule has 0 radical (unpaired) electrons. The first-order valence-electron chi connectivity index (χ1n) is 5.57. The highest BCUT2D eigenvalue weighted by Crippen LogP contribution is 2.02. The number of benzene rings is 1. The van der Waals surface area contributed by atoms with E-state index in [0.717, 1.165) is 6.42 Å². The quantitative estimate of drug-likeness (QED) is 0.694. The van der Waals surface area contributed by atoms with Crippen molar-refractivity contribution in [2.75, 3.05) is 13.2 Å². The third-order valence-electron chi connectivity index (χ3n) is 2.07. The molecular formula is C13H18O3. The first kappa shape index (κ1) is 12.7. The lowest BCUT2D eigenvalue weighted by Crippen LogP contribution is -2.19. The zero-order chi connectivity index (χ0) is 11.8. The summed E-state index contributed by atoms with van der Waals surface area (Å²) in [5.74, 6) is -0.299. The Morgan fingerprint density at radius 3 is 2.62 bits per heavy atom. The van der Waals surface area contributed by atoms with Crippen molar-refractivity contribution in [1.29, 1.82) is 0 Å². The minimum atomic E-state index is -0.299. The highest BCUT2D eigenvalue weighted by molar-refractivity contribution is 5.89. The molecule has 1 aromatic carbocycles. The van der Waals surface area contributed by atoms with Crippen molar-refractivity contribution in [2.24, 2.45) is 0 Å². The average molecular weight is 222 g/mol. The van der Waals surface area contributed by atoms with Gasteiger partial charge in [0.15, 0.2) is 0 Å². The van der Waals surface area contributed by atoms with E-state index in [4.69, 9.17) is 9.47 Å². The predicted octanol–water partition coefficient (Wildman–Crippen LogP) is 2.66. The first-order valence-corrected chi connectivity index (χ1v) is 5.57. The predicted molar refractivity (Wildman–Crippen MR) is 62.4 cm³/mol. The van der Waals surface area contributed by atoms with Gasteiger partial charge in [0, 0.05) is 6.61 Å². The Morgan fingerprint density at radius 1 is 1.31 bits per heavy atom.